The summed E-state index contributed by atoms with van der Waals surface area (Å²) in [5.41, 5.74) is 5.54. The van der Waals surface area contributed by atoms with Crippen LogP contribution in [0, 0.1) is 6.92 Å². The Morgan fingerprint density at radius 2 is 1.93 bits per heavy atom. The number of anilines is 1. The number of fused-ring (bicyclic) bond motifs is 1. The standard InChI is InChI=1S/C24H23ClN4S/c1-17-21(22-10-2-3-11-23(22)27-17)12-14-29(16-20-8-4-5-13-26-20)24(30)28-19-9-6-7-18(25)15-19/h2-11,13,15,27H,12,14,16H2,1H3,(H,28,30). The number of H-pyrrole nitrogens is 1. The lowest BCUT2D eigenvalue weighted by atomic mass is 10.1. The molecule has 152 valence electrons. The second-order valence-corrected chi connectivity index (χ2v) is 8.03. The lowest BCUT2D eigenvalue weighted by Gasteiger charge is -2.26. The SMILES string of the molecule is Cc1[nH]c2ccccc2c1CCN(Cc1ccccn1)C(=S)Nc1cccc(Cl)c1. The number of halogens is 1. The van der Waals surface area contributed by atoms with Crippen molar-refractivity contribution in [1.29, 1.82) is 0 Å². The molecule has 0 bridgehead atoms. The molecule has 0 radical (unpaired) electrons. The highest BCUT2D eigenvalue weighted by Gasteiger charge is 2.15. The van der Waals surface area contributed by atoms with Crippen molar-refractivity contribution >= 4 is 45.5 Å². The van der Waals surface area contributed by atoms with Crippen molar-refractivity contribution < 1.29 is 0 Å². The van der Waals surface area contributed by atoms with Crippen LogP contribution in [0.1, 0.15) is 17.0 Å². The summed E-state index contributed by atoms with van der Waals surface area (Å²) in [7, 11) is 0. The number of nitrogens with one attached hydrogen (secondary N) is 2. The van der Waals surface area contributed by atoms with Crippen LogP contribution >= 0.6 is 23.8 Å². The summed E-state index contributed by atoms with van der Waals surface area (Å²) in [5, 5.41) is 5.92. The van der Waals surface area contributed by atoms with Crippen molar-refractivity contribution in [2.45, 2.75) is 19.9 Å². The van der Waals surface area contributed by atoms with E-state index in [9.17, 15) is 0 Å². The maximum absolute atomic E-state index is 6.13. The highest BCUT2D eigenvalue weighted by atomic mass is 35.5. The molecule has 0 spiro atoms. The Bertz CT molecular complexity index is 1160. The lowest BCUT2D eigenvalue weighted by Crippen LogP contribution is -2.36. The van der Waals surface area contributed by atoms with Crippen LogP contribution < -0.4 is 5.32 Å². The molecule has 6 heteroatoms. The molecule has 0 amide bonds. The highest BCUT2D eigenvalue weighted by molar-refractivity contribution is 7.80. The van der Waals surface area contributed by atoms with Crippen molar-refractivity contribution in [2.75, 3.05) is 11.9 Å². The van der Waals surface area contributed by atoms with Gasteiger partial charge in [0.2, 0.25) is 0 Å². The van der Waals surface area contributed by atoms with Crippen LogP contribution in [0.2, 0.25) is 5.02 Å². The zero-order valence-electron chi connectivity index (χ0n) is 16.7. The maximum atomic E-state index is 6.13. The van der Waals surface area contributed by atoms with E-state index in [4.69, 9.17) is 23.8 Å². The summed E-state index contributed by atoms with van der Waals surface area (Å²) in [5.74, 6) is 0. The lowest BCUT2D eigenvalue weighted by molar-refractivity contribution is 0.417. The molecule has 30 heavy (non-hydrogen) atoms. The summed E-state index contributed by atoms with van der Waals surface area (Å²) < 4.78 is 0. The highest BCUT2D eigenvalue weighted by Crippen LogP contribution is 2.23. The number of aromatic amines is 1. The Kier molecular flexibility index (Phi) is 6.31. The Morgan fingerprint density at radius 1 is 1.10 bits per heavy atom. The fraction of sp³-hybridized carbons (Fsp3) is 0.167. The molecule has 2 aromatic heterocycles. The second-order valence-electron chi connectivity index (χ2n) is 7.21. The van der Waals surface area contributed by atoms with Crippen LogP contribution in [0.15, 0.2) is 72.9 Å². The molecule has 0 aliphatic rings. The van der Waals surface area contributed by atoms with E-state index in [0.717, 1.165) is 24.3 Å². The minimum Gasteiger partial charge on any atom is -0.358 e. The van der Waals surface area contributed by atoms with Gasteiger partial charge in [0.25, 0.3) is 0 Å². The zero-order chi connectivity index (χ0) is 20.9. The molecular weight excluding hydrogens is 412 g/mol. The van der Waals surface area contributed by atoms with Gasteiger partial charge in [0.15, 0.2) is 5.11 Å². The maximum Gasteiger partial charge on any atom is 0.173 e. The zero-order valence-corrected chi connectivity index (χ0v) is 18.3. The first-order valence-electron chi connectivity index (χ1n) is 9.88. The summed E-state index contributed by atoms with van der Waals surface area (Å²) in [4.78, 5) is 10.1. The number of pyridine rings is 1. The second kappa shape index (κ2) is 9.28. The predicted octanol–water partition coefficient (Wildman–Crippen LogP) is 5.97. The van der Waals surface area contributed by atoms with E-state index in [1.807, 2.05) is 48.7 Å². The van der Waals surface area contributed by atoms with Gasteiger partial charge in [0.1, 0.15) is 0 Å². The Morgan fingerprint density at radius 3 is 2.73 bits per heavy atom. The fourth-order valence-electron chi connectivity index (χ4n) is 3.61. The third-order valence-corrected chi connectivity index (χ3v) is 5.70. The molecular formula is C24H23ClN4S. The quantitative estimate of drug-likeness (QED) is 0.367. The van der Waals surface area contributed by atoms with Crippen molar-refractivity contribution in [3.8, 4) is 0 Å². The summed E-state index contributed by atoms with van der Waals surface area (Å²) in [6.07, 6.45) is 2.69. The number of nitrogens with zero attached hydrogens (tertiary/aromatic N) is 2. The molecule has 4 rings (SSSR count). The summed E-state index contributed by atoms with van der Waals surface area (Å²) in [6, 6.07) is 21.9. The van der Waals surface area contributed by atoms with Crippen LogP contribution in [-0.4, -0.2) is 26.5 Å². The number of rotatable bonds is 6. The van der Waals surface area contributed by atoms with Gasteiger partial charge in [-0.1, -0.05) is 41.9 Å². The average molecular weight is 435 g/mol. The van der Waals surface area contributed by atoms with E-state index < -0.39 is 0 Å². The smallest absolute Gasteiger partial charge is 0.173 e. The molecule has 0 aliphatic heterocycles. The van der Waals surface area contributed by atoms with Crippen molar-refractivity contribution in [3.63, 3.8) is 0 Å². The molecule has 0 fully saturated rings. The van der Waals surface area contributed by atoms with E-state index in [2.05, 4.69) is 51.4 Å². The number of hydrogen-bond donors (Lipinski definition) is 2. The van der Waals surface area contributed by atoms with Crippen molar-refractivity contribution in [3.05, 3.63) is 94.9 Å². The molecule has 2 heterocycles. The molecule has 4 nitrogen and oxygen atoms in total. The Balaban J connectivity index is 1.55. The van der Waals surface area contributed by atoms with Crippen molar-refractivity contribution in [1.82, 2.24) is 14.9 Å². The molecule has 0 saturated carbocycles. The normalized spacial score (nSPS) is 10.9. The number of benzene rings is 2. The van der Waals surface area contributed by atoms with Gasteiger partial charge in [0.05, 0.1) is 12.2 Å². The molecule has 0 aliphatic carbocycles. The number of aryl methyl sites for hydroxylation is 1. The predicted molar refractivity (Wildman–Crippen MR) is 129 cm³/mol. The fourth-order valence-corrected chi connectivity index (χ4v) is 4.08. The van der Waals surface area contributed by atoms with Gasteiger partial charge in [-0.3, -0.25) is 4.98 Å². The van der Waals surface area contributed by atoms with Gasteiger partial charge in [0, 0.05) is 40.0 Å². The number of thiocarbonyl (C=S) groups is 1. The minimum absolute atomic E-state index is 0.634. The topological polar surface area (TPSA) is 44.0 Å². The van der Waals surface area contributed by atoms with Crippen molar-refractivity contribution in [2.24, 2.45) is 0 Å². The van der Waals surface area contributed by atoms with E-state index in [1.165, 1.54) is 22.2 Å². The number of hydrogen-bond acceptors (Lipinski definition) is 2. The molecule has 2 N–H and O–H groups in total. The van der Waals surface area contributed by atoms with Gasteiger partial charge in [-0.2, -0.15) is 0 Å². The van der Waals surface area contributed by atoms with E-state index >= 15 is 0 Å². The van der Waals surface area contributed by atoms with Crippen LogP contribution in [0.5, 0.6) is 0 Å². The summed E-state index contributed by atoms with van der Waals surface area (Å²) >= 11 is 11.9. The Labute approximate surface area is 186 Å². The first kappa shape index (κ1) is 20.4. The van der Waals surface area contributed by atoms with Crippen LogP contribution in [0.3, 0.4) is 0 Å². The van der Waals surface area contributed by atoms with Gasteiger partial charge < -0.3 is 15.2 Å². The van der Waals surface area contributed by atoms with Crippen LogP contribution in [0.25, 0.3) is 10.9 Å². The monoisotopic (exact) mass is 434 g/mol. The van der Waals surface area contributed by atoms with E-state index in [0.29, 0.717) is 16.7 Å². The third-order valence-electron chi connectivity index (χ3n) is 5.10. The first-order chi connectivity index (χ1) is 14.6. The average Bonchev–Trinajstić information content (AvgIpc) is 3.07. The van der Waals surface area contributed by atoms with Crippen LogP contribution in [0.4, 0.5) is 5.69 Å². The van der Waals surface area contributed by atoms with Gasteiger partial charge in [-0.15, -0.1) is 0 Å². The van der Waals surface area contributed by atoms with Gasteiger partial charge in [-0.05, 0) is 67.5 Å². The van der Waals surface area contributed by atoms with Crippen LogP contribution in [-0.2, 0) is 13.0 Å². The molecule has 0 saturated heterocycles. The van der Waals surface area contributed by atoms with E-state index in [-0.39, 0.29) is 0 Å². The van der Waals surface area contributed by atoms with E-state index in [1.54, 1.807) is 0 Å². The Hall–Kier alpha value is -2.89. The first-order valence-corrected chi connectivity index (χ1v) is 10.7. The minimum atomic E-state index is 0.634. The molecule has 2 aromatic carbocycles. The summed E-state index contributed by atoms with van der Waals surface area (Å²) in [6.45, 7) is 3.53. The molecule has 4 aromatic rings. The molecule has 0 atom stereocenters. The largest absolute Gasteiger partial charge is 0.358 e. The molecule has 0 unspecified atom stereocenters. The number of aromatic nitrogens is 2. The van der Waals surface area contributed by atoms with Gasteiger partial charge >= 0.3 is 0 Å². The third kappa shape index (κ3) is 4.81. The van der Waals surface area contributed by atoms with Gasteiger partial charge in [-0.25, -0.2) is 0 Å². The number of para-hydroxylation sites is 1.